The van der Waals surface area contributed by atoms with E-state index in [0.717, 1.165) is 12.5 Å². The Hall–Kier alpha value is -1.32. The van der Waals surface area contributed by atoms with Crippen LogP contribution in [0.2, 0.25) is 0 Å². The number of carboxylic acids is 1. The molecule has 0 saturated carbocycles. The van der Waals surface area contributed by atoms with Crippen molar-refractivity contribution >= 4 is 11.9 Å². The summed E-state index contributed by atoms with van der Waals surface area (Å²) in [5, 5.41) is 8.70. The zero-order valence-corrected chi connectivity index (χ0v) is 6.69. The smallest absolute Gasteiger partial charge is 0.326 e. The number of nitrogens with zero attached hydrogens (tertiary/aromatic N) is 1. The number of carbonyl (C=O) groups excluding carboxylic acids is 1. The molecule has 1 N–H and O–H groups in total. The molecule has 0 aliphatic carbocycles. The average Bonchev–Trinajstić information content (AvgIpc) is 2.50. The second-order valence-corrected chi connectivity index (χ2v) is 2.73. The van der Waals surface area contributed by atoms with E-state index in [9.17, 15) is 9.59 Å². The van der Waals surface area contributed by atoms with Crippen molar-refractivity contribution in [3.63, 3.8) is 0 Å². The molecule has 1 rings (SSSR count). The van der Waals surface area contributed by atoms with Gasteiger partial charge >= 0.3 is 5.97 Å². The molecular formula is C8H11NO3. The van der Waals surface area contributed by atoms with Crippen LogP contribution in [-0.2, 0) is 9.59 Å². The molecule has 4 heteroatoms. The quantitative estimate of drug-likeness (QED) is 0.603. The fraction of sp³-hybridized carbons (Fsp3) is 0.500. The summed E-state index contributed by atoms with van der Waals surface area (Å²) in [4.78, 5) is 23.0. The first-order chi connectivity index (χ1) is 5.66. The van der Waals surface area contributed by atoms with E-state index in [1.165, 1.54) is 4.90 Å². The normalized spacial score (nSPS) is 22.3. The molecule has 1 unspecified atom stereocenters. The Balaban J connectivity index is 2.69. The lowest BCUT2D eigenvalue weighted by Crippen LogP contribution is -2.39. The van der Waals surface area contributed by atoms with Gasteiger partial charge in [-0.25, -0.2) is 4.79 Å². The van der Waals surface area contributed by atoms with Crippen LogP contribution in [0.3, 0.4) is 0 Å². The maximum atomic E-state index is 11.1. The molecule has 1 aliphatic rings. The van der Waals surface area contributed by atoms with Crippen LogP contribution >= 0.6 is 0 Å². The second kappa shape index (κ2) is 3.38. The Morgan fingerprint density at radius 2 is 2.25 bits per heavy atom. The number of rotatable bonds is 2. The van der Waals surface area contributed by atoms with Crippen LogP contribution in [0.5, 0.6) is 0 Å². The van der Waals surface area contributed by atoms with Crippen molar-refractivity contribution < 1.29 is 14.7 Å². The van der Waals surface area contributed by atoms with Crippen LogP contribution in [0.15, 0.2) is 12.7 Å². The predicted octanol–water partition coefficient (Wildman–Crippen LogP) is 0.248. The van der Waals surface area contributed by atoms with Crippen LogP contribution in [0, 0.1) is 0 Å². The Labute approximate surface area is 70.5 Å². The molecule has 1 fully saturated rings. The third kappa shape index (κ3) is 1.47. The molecule has 1 saturated heterocycles. The molecule has 1 heterocycles. The van der Waals surface area contributed by atoms with Crippen molar-refractivity contribution in [2.75, 3.05) is 6.54 Å². The van der Waals surface area contributed by atoms with Crippen molar-refractivity contribution in [2.45, 2.75) is 18.9 Å². The highest BCUT2D eigenvalue weighted by Crippen LogP contribution is 2.17. The number of hydrogen-bond donors (Lipinski definition) is 1. The minimum absolute atomic E-state index is 0.292. The van der Waals surface area contributed by atoms with E-state index in [0.29, 0.717) is 13.0 Å². The first kappa shape index (κ1) is 8.77. The predicted molar refractivity (Wildman–Crippen MR) is 42.6 cm³/mol. The first-order valence-electron chi connectivity index (χ1n) is 3.82. The van der Waals surface area contributed by atoms with Crippen LogP contribution < -0.4 is 0 Å². The summed E-state index contributed by atoms with van der Waals surface area (Å²) in [7, 11) is 0. The van der Waals surface area contributed by atoms with Crippen molar-refractivity contribution in [3.05, 3.63) is 12.7 Å². The Morgan fingerprint density at radius 3 is 2.75 bits per heavy atom. The van der Waals surface area contributed by atoms with Gasteiger partial charge in [0, 0.05) is 6.54 Å². The number of aliphatic carboxylic acids is 1. The highest BCUT2D eigenvalue weighted by molar-refractivity contribution is 5.91. The number of carbonyl (C=O) groups is 2. The highest BCUT2D eigenvalue weighted by atomic mass is 16.4. The van der Waals surface area contributed by atoms with Crippen LogP contribution in [0.25, 0.3) is 0 Å². The fourth-order valence-electron chi connectivity index (χ4n) is 1.40. The fourth-order valence-corrected chi connectivity index (χ4v) is 1.40. The van der Waals surface area contributed by atoms with Gasteiger partial charge in [0.2, 0.25) is 5.91 Å². The zero-order valence-electron chi connectivity index (χ0n) is 6.69. The molecule has 0 radical (unpaired) electrons. The van der Waals surface area contributed by atoms with E-state index < -0.39 is 12.0 Å². The summed E-state index contributed by atoms with van der Waals surface area (Å²) in [6, 6.07) is -0.643. The molecule has 12 heavy (non-hydrogen) atoms. The van der Waals surface area contributed by atoms with E-state index in [-0.39, 0.29) is 5.91 Å². The van der Waals surface area contributed by atoms with E-state index in [2.05, 4.69) is 6.58 Å². The third-order valence-corrected chi connectivity index (χ3v) is 2.00. The summed E-state index contributed by atoms with van der Waals surface area (Å²) in [6.45, 7) is 3.84. The van der Waals surface area contributed by atoms with E-state index in [1.54, 1.807) is 0 Å². The lowest BCUT2D eigenvalue weighted by atomic mass is 10.2. The minimum Gasteiger partial charge on any atom is -0.480 e. The molecule has 66 valence electrons. The minimum atomic E-state index is -0.928. The number of likely N-dealkylation sites (tertiary alicyclic amines) is 1. The monoisotopic (exact) mass is 169 g/mol. The zero-order chi connectivity index (χ0) is 9.14. The van der Waals surface area contributed by atoms with Crippen LogP contribution in [0.1, 0.15) is 12.8 Å². The van der Waals surface area contributed by atoms with Crippen molar-refractivity contribution in [1.29, 1.82) is 0 Å². The van der Waals surface area contributed by atoms with Gasteiger partial charge in [0.25, 0.3) is 0 Å². The lowest BCUT2D eigenvalue weighted by Gasteiger charge is -2.18. The second-order valence-electron chi connectivity index (χ2n) is 2.73. The number of amides is 1. The standard InChI is InChI=1S/C8H11NO3/c1-2-7(10)9-5-3-4-6(9)8(11)12/h2,6H,1,3-5H2,(H,11,12). The molecule has 0 aromatic heterocycles. The van der Waals surface area contributed by atoms with Crippen molar-refractivity contribution in [1.82, 2.24) is 4.90 Å². The van der Waals surface area contributed by atoms with Crippen LogP contribution in [0.4, 0.5) is 0 Å². The van der Waals surface area contributed by atoms with E-state index in [4.69, 9.17) is 5.11 Å². The van der Waals surface area contributed by atoms with Crippen LogP contribution in [-0.4, -0.2) is 34.5 Å². The summed E-state index contributed by atoms with van der Waals surface area (Å²) in [6.07, 6.45) is 2.46. The summed E-state index contributed by atoms with van der Waals surface area (Å²) >= 11 is 0. The average molecular weight is 169 g/mol. The van der Waals surface area contributed by atoms with Gasteiger partial charge in [-0.1, -0.05) is 6.58 Å². The van der Waals surface area contributed by atoms with E-state index >= 15 is 0 Å². The molecule has 1 aliphatic heterocycles. The van der Waals surface area contributed by atoms with Gasteiger partial charge in [0.15, 0.2) is 0 Å². The van der Waals surface area contributed by atoms with Crippen molar-refractivity contribution in [3.8, 4) is 0 Å². The first-order valence-corrected chi connectivity index (χ1v) is 3.82. The van der Waals surface area contributed by atoms with Crippen molar-refractivity contribution in [2.24, 2.45) is 0 Å². The Kier molecular flexibility index (Phi) is 2.47. The maximum Gasteiger partial charge on any atom is 0.326 e. The number of carboxylic acid groups (broad SMARTS) is 1. The van der Waals surface area contributed by atoms with Gasteiger partial charge in [-0.15, -0.1) is 0 Å². The highest BCUT2D eigenvalue weighted by Gasteiger charge is 2.32. The van der Waals surface area contributed by atoms with Gasteiger partial charge in [0.05, 0.1) is 0 Å². The summed E-state index contributed by atoms with van der Waals surface area (Å²) < 4.78 is 0. The molecule has 0 aromatic carbocycles. The lowest BCUT2D eigenvalue weighted by molar-refractivity contribution is -0.146. The molecule has 1 amide bonds. The van der Waals surface area contributed by atoms with Gasteiger partial charge in [-0.05, 0) is 18.9 Å². The molecule has 0 aromatic rings. The Morgan fingerprint density at radius 1 is 1.58 bits per heavy atom. The molecule has 4 nitrogen and oxygen atoms in total. The van der Waals surface area contributed by atoms with Gasteiger partial charge in [0.1, 0.15) is 6.04 Å². The summed E-state index contributed by atoms with van der Waals surface area (Å²) in [5.74, 6) is -1.22. The van der Waals surface area contributed by atoms with E-state index in [1.807, 2.05) is 0 Å². The maximum absolute atomic E-state index is 11.1. The third-order valence-electron chi connectivity index (χ3n) is 2.00. The molecular weight excluding hydrogens is 158 g/mol. The van der Waals surface area contributed by atoms with Gasteiger partial charge in [-0.3, -0.25) is 4.79 Å². The largest absolute Gasteiger partial charge is 0.480 e. The SMILES string of the molecule is C=CC(=O)N1CCCC1C(=O)O. The topological polar surface area (TPSA) is 57.6 Å². The molecule has 0 bridgehead atoms. The number of hydrogen-bond acceptors (Lipinski definition) is 2. The van der Waals surface area contributed by atoms with Gasteiger partial charge in [-0.2, -0.15) is 0 Å². The van der Waals surface area contributed by atoms with Gasteiger partial charge < -0.3 is 10.0 Å². The molecule has 1 atom stereocenters. The summed E-state index contributed by atoms with van der Waals surface area (Å²) in [5.41, 5.74) is 0. The Bertz CT molecular complexity index is 224. The molecule has 0 spiro atoms.